The number of carbonyl (C=O) groups excluding carboxylic acids is 3. The van der Waals surface area contributed by atoms with Gasteiger partial charge in [-0.2, -0.15) is 0 Å². The summed E-state index contributed by atoms with van der Waals surface area (Å²) in [7, 11) is 0. The second-order valence-corrected chi connectivity index (χ2v) is 10.7. The molecule has 0 unspecified atom stereocenters. The molecule has 212 valence electrons. The number of likely N-dealkylation sites (tertiary alicyclic amines) is 1. The molecule has 1 saturated heterocycles. The third kappa shape index (κ3) is 6.33. The molecule has 1 aliphatic rings. The summed E-state index contributed by atoms with van der Waals surface area (Å²) >= 11 is 5.84. The van der Waals surface area contributed by atoms with Gasteiger partial charge >= 0.3 is 0 Å². The van der Waals surface area contributed by atoms with Crippen molar-refractivity contribution in [2.24, 2.45) is 0 Å². The Labute approximate surface area is 241 Å². The summed E-state index contributed by atoms with van der Waals surface area (Å²) in [5.74, 6) is -0.949. The van der Waals surface area contributed by atoms with Gasteiger partial charge in [0.25, 0.3) is 0 Å². The van der Waals surface area contributed by atoms with Gasteiger partial charge in [0.15, 0.2) is 11.6 Å². The number of rotatable bonds is 10. The highest BCUT2D eigenvalue weighted by Gasteiger charge is 2.39. The van der Waals surface area contributed by atoms with E-state index in [0.29, 0.717) is 34.4 Å². The van der Waals surface area contributed by atoms with Gasteiger partial charge in [-0.1, -0.05) is 54.1 Å². The monoisotopic (exact) mass is 578 g/mol. The summed E-state index contributed by atoms with van der Waals surface area (Å²) in [6.45, 7) is 1.44. The molecule has 5 rings (SSSR count). The SMILES string of the molecule is CC(=O)c1cn(CC(=O)N2C[C@H](F)C[C@H]2C(=O)CCc2cccc(Cl)c2F)c2ccc(OCc3ccccc3)cc12. The molecule has 3 aromatic carbocycles. The maximum absolute atomic E-state index is 14.5. The number of Topliss-reactive ketones (excluding diaryl/α,β-unsaturated/α-hetero) is 2. The fourth-order valence-electron chi connectivity index (χ4n) is 5.29. The van der Waals surface area contributed by atoms with Crippen molar-refractivity contribution in [2.45, 2.75) is 51.6 Å². The summed E-state index contributed by atoms with van der Waals surface area (Å²) in [4.78, 5) is 40.2. The lowest BCUT2D eigenvalue weighted by molar-refractivity contribution is -0.138. The fourth-order valence-corrected chi connectivity index (χ4v) is 5.48. The van der Waals surface area contributed by atoms with Gasteiger partial charge in [-0.05, 0) is 48.7 Å². The minimum atomic E-state index is -1.34. The van der Waals surface area contributed by atoms with Crippen LogP contribution in [0.1, 0.15) is 41.3 Å². The quantitative estimate of drug-likeness (QED) is 0.205. The topological polar surface area (TPSA) is 68.6 Å². The molecule has 2 heterocycles. The maximum atomic E-state index is 14.5. The Morgan fingerprint density at radius 3 is 2.59 bits per heavy atom. The van der Waals surface area contributed by atoms with Crippen molar-refractivity contribution in [3.63, 3.8) is 0 Å². The molecule has 0 aliphatic carbocycles. The summed E-state index contributed by atoms with van der Waals surface area (Å²) in [6.07, 6.45) is 0.211. The van der Waals surface area contributed by atoms with E-state index < -0.39 is 23.9 Å². The van der Waals surface area contributed by atoms with Crippen molar-refractivity contribution in [1.29, 1.82) is 0 Å². The lowest BCUT2D eigenvalue weighted by Crippen LogP contribution is -2.42. The van der Waals surface area contributed by atoms with Crippen LogP contribution in [0.5, 0.6) is 5.75 Å². The van der Waals surface area contributed by atoms with E-state index in [4.69, 9.17) is 16.3 Å². The van der Waals surface area contributed by atoms with Crippen LogP contribution in [0.2, 0.25) is 5.02 Å². The number of ether oxygens (including phenoxy) is 1. The van der Waals surface area contributed by atoms with Gasteiger partial charge < -0.3 is 14.2 Å². The van der Waals surface area contributed by atoms with Crippen LogP contribution in [0.3, 0.4) is 0 Å². The Bertz CT molecular complexity index is 1600. The molecule has 9 heteroatoms. The van der Waals surface area contributed by atoms with E-state index in [1.165, 1.54) is 17.9 Å². The molecule has 1 aliphatic heterocycles. The predicted octanol–water partition coefficient (Wildman–Crippen LogP) is 6.36. The molecule has 4 aromatic rings. The number of alkyl halides is 1. The Balaban J connectivity index is 1.31. The van der Waals surface area contributed by atoms with Crippen molar-refractivity contribution >= 4 is 40.0 Å². The lowest BCUT2D eigenvalue weighted by atomic mass is 10.0. The van der Waals surface area contributed by atoms with Gasteiger partial charge in [-0.3, -0.25) is 14.4 Å². The third-order valence-electron chi connectivity index (χ3n) is 7.40. The van der Waals surface area contributed by atoms with Crippen molar-refractivity contribution in [2.75, 3.05) is 6.54 Å². The molecule has 1 aromatic heterocycles. The number of nitrogens with zero attached hydrogens (tertiary/aromatic N) is 2. The zero-order valence-electron chi connectivity index (χ0n) is 22.5. The number of halogens is 3. The van der Waals surface area contributed by atoms with Crippen LogP contribution in [0.15, 0.2) is 72.9 Å². The fraction of sp³-hybridized carbons (Fsp3) is 0.281. The highest BCUT2D eigenvalue weighted by atomic mass is 35.5. The second kappa shape index (κ2) is 12.2. The number of aryl methyl sites for hydroxylation is 1. The van der Waals surface area contributed by atoms with Gasteiger partial charge in [-0.25, -0.2) is 8.78 Å². The van der Waals surface area contributed by atoms with E-state index in [-0.39, 0.29) is 48.9 Å². The number of hydrogen-bond donors (Lipinski definition) is 0. The zero-order valence-corrected chi connectivity index (χ0v) is 23.2. The Morgan fingerprint density at radius 2 is 1.83 bits per heavy atom. The first kappa shape index (κ1) is 28.5. The normalized spacial score (nSPS) is 16.7. The van der Waals surface area contributed by atoms with Crippen molar-refractivity contribution in [1.82, 2.24) is 9.47 Å². The average Bonchev–Trinajstić information content (AvgIpc) is 3.53. The lowest BCUT2D eigenvalue weighted by Gasteiger charge is -2.24. The summed E-state index contributed by atoms with van der Waals surface area (Å²) in [5.41, 5.74) is 2.37. The molecular weight excluding hydrogens is 550 g/mol. The van der Waals surface area contributed by atoms with Crippen LogP contribution in [0, 0.1) is 5.82 Å². The highest BCUT2D eigenvalue weighted by Crippen LogP contribution is 2.29. The largest absolute Gasteiger partial charge is 0.489 e. The van der Waals surface area contributed by atoms with Crippen LogP contribution in [0.25, 0.3) is 10.9 Å². The minimum absolute atomic E-state index is 0.0322. The molecule has 0 N–H and O–H groups in total. The van der Waals surface area contributed by atoms with Crippen LogP contribution in [0.4, 0.5) is 8.78 Å². The molecule has 2 atom stereocenters. The van der Waals surface area contributed by atoms with E-state index >= 15 is 0 Å². The first-order chi connectivity index (χ1) is 19.7. The first-order valence-electron chi connectivity index (χ1n) is 13.4. The number of aromatic nitrogens is 1. The molecule has 0 bridgehead atoms. The van der Waals surface area contributed by atoms with Crippen LogP contribution >= 0.6 is 11.6 Å². The van der Waals surface area contributed by atoms with Crippen molar-refractivity contribution in [3.8, 4) is 5.75 Å². The average molecular weight is 579 g/mol. The molecule has 41 heavy (non-hydrogen) atoms. The van der Waals surface area contributed by atoms with Crippen LogP contribution in [-0.2, 0) is 29.2 Å². The zero-order chi connectivity index (χ0) is 29.1. The molecular formula is C32H29ClF2N2O4. The van der Waals surface area contributed by atoms with Crippen LogP contribution < -0.4 is 4.74 Å². The standard InChI is InChI=1S/C32H29ClF2N2O4/c1-20(38)26-17-36(28-12-11-24(15-25(26)28)41-19-21-6-3-2-4-7-21)18-31(40)37-16-23(34)14-29(37)30(39)13-10-22-8-5-9-27(33)32(22)35/h2-9,11-12,15,17,23,29H,10,13-14,16,18-19H2,1H3/t23-,29+/m1/s1. The summed E-state index contributed by atoms with van der Waals surface area (Å²) in [5, 5.41) is 0.604. The third-order valence-corrected chi connectivity index (χ3v) is 7.69. The highest BCUT2D eigenvalue weighted by molar-refractivity contribution is 6.30. The van der Waals surface area contributed by atoms with Gasteiger partial charge in [0.2, 0.25) is 5.91 Å². The molecule has 1 amide bonds. The Hall–Kier alpha value is -4.04. The Morgan fingerprint density at radius 1 is 1.05 bits per heavy atom. The molecule has 0 spiro atoms. The Kier molecular flexibility index (Phi) is 8.49. The molecule has 1 fully saturated rings. The minimum Gasteiger partial charge on any atom is -0.489 e. The molecule has 0 saturated carbocycles. The van der Waals surface area contributed by atoms with Gasteiger partial charge in [0.05, 0.1) is 17.6 Å². The van der Waals surface area contributed by atoms with E-state index in [2.05, 4.69) is 0 Å². The number of fused-ring (bicyclic) bond motifs is 1. The van der Waals surface area contributed by atoms with E-state index in [9.17, 15) is 23.2 Å². The van der Waals surface area contributed by atoms with Gasteiger partial charge in [0, 0.05) is 35.5 Å². The number of benzene rings is 3. The van der Waals surface area contributed by atoms with Crippen LogP contribution in [-0.4, -0.2) is 45.7 Å². The number of hydrogen-bond acceptors (Lipinski definition) is 4. The second-order valence-electron chi connectivity index (χ2n) is 10.3. The summed E-state index contributed by atoms with van der Waals surface area (Å²) in [6, 6.07) is 18.6. The number of ketones is 2. The first-order valence-corrected chi connectivity index (χ1v) is 13.8. The van der Waals surface area contributed by atoms with Crippen molar-refractivity contribution in [3.05, 3.63) is 100 Å². The number of amides is 1. The smallest absolute Gasteiger partial charge is 0.243 e. The van der Waals surface area contributed by atoms with E-state index in [0.717, 1.165) is 5.56 Å². The van der Waals surface area contributed by atoms with Gasteiger partial charge in [0.1, 0.15) is 30.9 Å². The molecule has 0 radical (unpaired) electrons. The van der Waals surface area contributed by atoms with Crippen molar-refractivity contribution < 1.29 is 27.9 Å². The maximum Gasteiger partial charge on any atom is 0.243 e. The van der Waals surface area contributed by atoms with E-state index in [1.807, 2.05) is 30.3 Å². The predicted molar refractivity (Wildman–Crippen MR) is 152 cm³/mol. The number of carbonyl (C=O) groups is 3. The molecule has 6 nitrogen and oxygen atoms in total. The van der Waals surface area contributed by atoms with E-state index in [1.54, 1.807) is 41.1 Å². The summed E-state index contributed by atoms with van der Waals surface area (Å²) < 4.78 is 36.3. The van der Waals surface area contributed by atoms with Gasteiger partial charge in [-0.15, -0.1) is 0 Å².